The van der Waals surface area contributed by atoms with Gasteiger partial charge < -0.3 is 18.4 Å². The molecular weight excluding hydrogens is 54.0 g/mol. The summed E-state index contributed by atoms with van der Waals surface area (Å²) in [5.74, 6) is 0. The van der Waals surface area contributed by atoms with E-state index in [1.807, 2.05) is 0 Å². The number of hydrogen-bond acceptors (Lipinski definition) is 3. The molecular formula is CH13N3. The van der Waals surface area contributed by atoms with Gasteiger partial charge in [-0.3, -0.25) is 0 Å². The molecule has 32 valence electrons. The lowest BCUT2D eigenvalue weighted by Gasteiger charge is -0.345. The van der Waals surface area contributed by atoms with Gasteiger partial charge in [-0.1, -0.05) is 7.43 Å². The molecule has 0 heterocycles. The molecule has 0 atom stereocenters. The normalized spacial score (nSPS) is 5.25. The molecule has 0 aliphatic heterocycles. The average molecular weight is 70.2 g/mol. The van der Waals surface area contributed by atoms with Crippen LogP contribution in [0.15, 0.2) is 0 Å². The van der Waals surface area contributed by atoms with Crippen molar-refractivity contribution in [2.45, 2.75) is 7.43 Å². The summed E-state index contributed by atoms with van der Waals surface area (Å²) in [6.45, 7) is 0. The first-order valence-corrected chi connectivity index (χ1v) is 0. The molecule has 0 aliphatic rings. The van der Waals surface area contributed by atoms with Crippen molar-refractivity contribution in [3.8, 4) is 0 Å². The van der Waals surface area contributed by atoms with E-state index >= 15 is 0 Å². The van der Waals surface area contributed by atoms with Gasteiger partial charge in [0, 0.05) is 0 Å². The lowest BCUT2D eigenvalue weighted by Crippen LogP contribution is -0.482. The molecule has 0 unspecified atom stereocenters. The van der Waals surface area contributed by atoms with Crippen LogP contribution < -0.4 is 18.4 Å². The van der Waals surface area contributed by atoms with Crippen LogP contribution in [0.4, 0.5) is 0 Å². The van der Waals surface area contributed by atoms with Crippen molar-refractivity contribution in [3.05, 3.63) is 0 Å². The maximum atomic E-state index is 5.25. The first-order chi connectivity index (χ1) is 3.00. The van der Waals surface area contributed by atoms with Gasteiger partial charge in [0.05, 0.1) is 0 Å². The molecule has 4 heavy (non-hydrogen) atoms. The lowest BCUT2D eigenvalue weighted by molar-refractivity contribution is 2.13. The predicted molar refractivity (Wildman–Crippen MR) is 21.8 cm³/mol. The maximum Gasteiger partial charge on any atom is 0.115 e. The van der Waals surface area contributed by atoms with E-state index in [1.54, 1.807) is 0 Å². The molecule has 0 aromatic carbocycles. The molecule has 0 spiro atoms. The van der Waals surface area contributed by atoms with E-state index in [9.17, 15) is 0 Å². The zero-order valence-electron chi connectivity index (χ0n) is 4.73. The maximum absolute atomic E-state index is 5.25. The van der Waals surface area contributed by atoms with Gasteiger partial charge in [-0.2, -0.15) is 0 Å². The average Bonchev–Trinajstić information content (AvgIpc) is 1.81. The summed E-state index contributed by atoms with van der Waals surface area (Å²) in [7, 11) is 0. The summed E-state index contributed by atoms with van der Waals surface area (Å²) in [4.78, 5) is 0. The van der Waals surface area contributed by atoms with Crippen LogP contribution in [-0.2, 0) is 0 Å². The summed E-state index contributed by atoms with van der Waals surface area (Å²) in [5.41, 5.74) is 0. The molecule has 0 aromatic heterocycles. The lowest BCUT2D eigenvalue weighted by atomic mass is 12.0. The molecule has 0 bridgehead atoms. The van der Waals surface area contributed by atoms with Gasteiger partial charge in [0.1, 0.15) is 4.24 Å². The van der Waals surface area contributed by atoms with Crippen molar-refractivity contribution < 1.29 is 4.24 Å². The highest BCUT2D eigenvalue weighted by Crippen LogP contribution is 0.144. The highest BCUT2D eigenvalue weighted by Gasteiger charge is -0.0775. The molecule has 3 nitrogen and oxygen atoms in total. The molecule has 9 N–H and O–H groups in total. The zero-order valence-corrected chi connectivity index (χ0v) is 1.73. The third kappa shape index (κ3) is 101. The molecule has 3 heteroatoms. The second kappa shape index (κ2) is 707. The Hall–Kier alpha value is -0.120. The van der Waals surface area contributed by atoms with Crippen LogP contribution >= 0.6 is 0 Å². The zero-order chi connectivity index (χ0) is 6.00. The standard InChI is InChI=1S/CH4.3H3N/h1H4;3*1H3/i/hD3. The van der Waals surface area contributed by atoms with E-state index in [0.29, 0.717) is 0 Å². The topological polar surface area (TPSA) is 105 Å². The van der Waals surface area contributed by atoms with Crippen molar-refractivity contribution in [3.63, 3.8) is 0 Å². The van der Waals surface area contributed by atoms with Crippen LogP contribution in [0, 0.1) is 0 Å². The van der Waals surface area contributed by atoms with Gasteiger partial charge in [0.25, 0.3) is 0 Å². The fourth-order valence-electron chi connectivity index (χ4n) is 0. The fraction of sp³-hybridized carbons (Fsp3) is 1.00. The predicted octanol–water partition coefficient (Wildman–Crippen LogP) is 1.12. The van der Waals surface area contributed by atoms with Crippen LogP contribution in [0.25, 0.3) is 0 Å². The highest BCUT2D eigenvalue weighted by molar-refractivity contribution is 2.50. The monoisotopic (exact) mass is 70.1 g/mol. The molecule has 0 fully saturated rings. The second-order valence-electron chi connectivity index (χ2n) is 0. The van der Waals surface area contributed by atoms with Crippen molar-refractivity contribution in [2.24, 2.45) is 0 Å². The van der Waals surface area contributed by atoms with E-state index in [2.05, 4.69) is 18.4 Å². The largest absolute Gasteiger partial charge is 0.344 e. The van der Waals surface area contributed by atoms with Gasteiger partial charge in [0.2, 0.25) is 0 Å². The molecule has 0 aliphatic carbocycles. The first-order valence-electron chi connectivity index (χ1n) is 1.73. The Morgan fingerprint density at radius 2 is 1.00 bits per heavy atom. The van der Waals surface area contributed by atoms with Gasteiger partial charge in [0.15, 0.2) is 0 Å². The Labute approximate surface area is 31.5 Å². The minimum atomic E-state index is 0. The Balaban J connectivity index is -0.00000000900. The van der Waals surface area contributed by atoms with Gasteiger partial charge >= 0.3 is 0 Å². The third-order valence-corrected chi connectivity index (χ3v) is 0. The summed E-state index contributed by atoms with van der Waals surface area (Å²) in [6.07, 6.45) is 11.2. The number of hydrogen-bond donors (Lipinski definition) is 3. The van der Waals surface area contributed by atoms with Gasteiger partial charge in [-0.15, -0.1) is 0 Å². The van der Waals surface area contributed by atoms with Crippen molar-refractivity contribution in [1.82, 2.24) is 18.4 Å². The molecule has 0 radical (unpaired) electrons. The Morgan fingerprint density at radius 3 is 1.00 bits per heavy atom. The van der Waals surface area contributed by atoms with E-state index in [-0.39, 0.29) is 7.43 Å². The smallest absolute Gasteiger partial charge is 0.115 e. The van der Waals surface area contributed by atoms with Crippen molar-refractivity contribution >= 4 is 0 Å². The Bertz CT molecular complexity index is 10.1. The molecule has 0 saturated carbocycles. The van der Waals surface area contributed by atoms with Crippen molar-refractivity contribution in [2.75, 3.05) is 0 Å². The Morgan fingerprint density at radius 1 is 1.00 bits per heavy atom. The van der Waals surface area contributed by atoms with E-state index < -0.39 is 0 Å². The number of rotatable bonds is 0. The van der Waals surface area contributed by atoms with Crippen LogP contribution in [0.5, 0.6) is 0 Å². The molecule has 0 amide bonds. The summed E-state index contributed by atoms with van der Waals surface area (Å²) < 4.78 is 15.8. The fourth-order valence-corrected chi connectivity index (χ4v) is 0. The molecule has 0 rings (SSSR count). The molecule has 0 saturated heterocycles. The van der Waals surface area contributed by atoms with E-state index in [4.69, 9.17) is 4.24 Å². The van der Waals surface area contributed by atoms with Crippen LogP contribution in [-0.4, -0.2) is 0 Å². The van der Waals surface area contributed by atoms with Gasteiger partial charge in [-0.25, -0.2) is 0 Å². The molecule has 0 aromatic rings. The first kappa shape index (κ1) is 3.88. The van der Waals surface area contributed by atoms with Gasteiger partial charge in [-0.05, 0) is 0 Å². The Kier molecular flexibility index (Phi) is 686. The van der Waals surface area contributed by atoms with E-state index in [1.165, 1.54) is 0 Å². The van der Waals surface area contributed by atoms with Crippen LogP contribution in [0.1, 0.15) is 7.43 Å². The third-order valence-electron chi connectivity index (χ3n) is 0. The SMILES string of the molecule is C.[2H]N.[2H]N.[2H]N. The summed E-state index contributed by atoms with van der Waals surface area (Å²) in [5, 5.41) is 0. The summed E-state index contributed by atoms with van der Waals surface area (Å²) in [6, 6.07) is 0. The summed E-state index contributed by atoms with van der Waals surface area (Å²) >= 11 is 0. The minimum Gasteiger partial charge on any atom is -0.344 e. The quantitative estimate of drug-likeness (QED) is 0.397. The van der Waals surface area contributed by atoms with E-state index in [0.717, 1.165) is 0 Å². The minimum absolute atomic E-state index is 0. The van der Waals surface area contributed by atoms with Crippen LogP contribution in [0.3, 0.4) is 0 Å². The van der Waals surface area contributed by atoms with Crippen LogP contribution in [0.2, 0.25) is 4.24 Å². The van der Waals surface area contributed by atoms with Crippen molar-refractivity contribution in [1.29, 1.82) is 0 Å². The highest BCUT2D eigenvalue weighted by atomic mass is 14.0. The second-order valence-corrected chi connectivity index (χ2v) is 0.